The summed E-state index contributed by atoms with van der Waals surface area (Å²) in [6, 6.07) is 4.82. The molecule has 0 aromatic heterocycles. The zero-order valence-electron chi connectivity index (χ0n) is 15.6. The van der Waals surface area contributed by atoms with Gasteiger partial charge in [-0.1, -0.05) is 31.9 Å². The number of esters is 1. The van der Waals surface area contributed by atoms with Crippen LogP contribution in [0, 0.1) is 5.82 Å². The van der Waals surface area contributed by atoms with E-state index in [1.54, 1.807) is 20.8 Å². The van der Waals surface area contributed by atoms with E-state index in [0.717, 1.165) is 11.3 Å². The summed E-state index contributed by atoms with van der Waals surface area (Å²) >= 11 is 0. The Morgan fingerprint density at radius 3 is 2.38 bits per heavy atom. The van der Waals surface area contributed by atoms with Crippen molar-refractivity contribution in [2.75, 3.05) is 6.54 Å². The number of unbranched alkanes of at least 4 members (excludes halogenated alkanes) is 1. The van der Waals surface area contributed by atoms with Crippen molar-refractivity contribution in [3.63, 3.8) is 0 Å². The van der Waals surface area contributed by atoms with Crippen LogP contribution in [0.25, 0.3) is 0 Å². The van der Waals surface area contributed by atoms with Crippen LogP contribution in [-0.4, -0.2) is 35.0 Å². The Labute approximate surface area is 152 Å². The fraction of sp³-hybridized carbons (Fsp3) is 0.526. The lowest BCUT2D eigenvalue weighted by atomic mass is 9.85. The molecule has 7 heteroatoms. The van der Waals surface area contributed by atoms with Crippen LogP contribution in [0.4, 0.5) is 9.18 Å². The Morgan fingerprint density at radius 1 is 1.23 bits per heavy atom. The lowest BCUT2D eigenvalue weighted by Crippen LogP contribution is -2.44. The van der Waals surface area contributed by atoms with Crippen LogP contribution in [0.1, 0.15) is 52.5 Å². The van der Waals surface area contributed by atoms with Crippen molar-refractivity contribution < 1.29 is 23.5 Å². The normalized spacial score (nSPS) is 20.3. The highest BCUT2D eigenvalue weighted by Gasteiger charge is 2.52. The lowest BCUT2D eigenvalue weighted by Gasteiger charge is -2.27. The molecule has 26 heavy (non-hydrogen) atoms. The number of hydrogen-bond donors (Lipinski definition) is 1. The Balaban J connectivity index is 2.30. The van der Waals surface area contributed by atoms with Crippen molar-refractivity contribution in [1.29, 1.82) is 0 Å². The first-order valence-electron chi connectivity index (χ1n) is 8.71. The Morgan fingerprint density at radius 2 is 1.85 bits per heavy atom. The number of urea groups is 1. The Bertz CT molecular complexity index is 696. The number of halogens is 1. The van der Waals surface area contributed by atoms with Gasteiger partial charge in [-0.05, 0) is 44.9 Å². The van der Waals surface area contributed by atoms with Crippen LogP contribution in [0.3, 0.4) is 0 Å². The highest BCUT2D eigenvalue weighted by molar-refractivity contribution is 6.09. The van der Waals surface area contributed by atoms with Crippen LogP contribution >= 0.6 is 0 Å². The zero-order valence-corrected chi connectivity index (χ0v) is 15.6. The summed E-state index contributed by atoms with van der Waals surface area (Å²) < 4.78 is 18.5. The number of rotatable bonds is 6. The quantitative estimate of drug-likeness (QED) is 0.622. The maximum atomic E-state index is 13.3. The predicted octanol–water partition coefficient (Wildman–Crippen LogP) is 3.10. The van der Waals surface area contributed by atoms with Gasteiger partial charge in [0.1, 0.15) is 23.5 Å². The van der Waals surface area contributed by atoms with Crippen molar-refractivity contribution >= 4 is 17.9 Å². The molecule has 1 N–H and O–H groups in total. The molecular weight excluding hydrogens is 339 g/mol. The largest absolute Gasteiger partial charge is 0.459 e. The number of imide groups is 1. The molecular formula is C19H25FN2O4. The summed E-state index contributed by atoms with van der Waals surface area (Å²) in [6.07, 6.45) is 1.87. The number of carbonyl (C=O) groups is 3. The van der Waals surface area contributed by atoms with Gasteiger partial charge in [0.15, 0.2) is 0 Å². The topological polar surface area (TPSA) is 75.7 Å². The number of nitrogens with one attached hydrogen (secondary N) is 1. The molecule has 6 nitrogen and oxygen atoms in total. The number of ether oxygens (including phenoxy) is 1. The minimum Gasteiger partial charge on any atom is -0.459 e. The average Bonchev–Trinajstić information content (AvgIpc) is 2.77. The minimum absolute atomic E-state index is 0.366. The lowest BCUT2D eigenvalue weighted by molar-refractivity contribution is -0.157. The molecule has 3 amide bonds. The van der Waals surface area contributed by atoms with E-state index in [2.05, 4.69) is 5.32 Å². The number of nitrogens with zero attached hydrogens (tertiary/aromatic N) is 1. The maximum absolute atomic E-state index is 13.3. The van der Waals surface area contributed by atoms with E-state index in [-0.39, 0.29) is 0 Å². The van der Waals surface area contributed by atoms with Crippen molar-refractivity contribution in [2.24, 2.45) is 0 Å². The third-order valence-electron chi connectivity index (χ3n) is 4.13. The first kappa shape index (κ1) is 19.9. The van der Waals surface area contributed by atoms with E-state index >= 15 is 0 Å². The molecule has 142 valence electrons. The van der Waals surface area contributed by atoms with Crippen molar-refractivity contribution in [1.82, 2.24) is 10.2 Å². The first-order chi connectivity index (χ1) is 12.1. The summed E-state index contributed by atoms with van der Waals surface area (Å²) in [5, 5.41) is 2.71. The predicted molar refractivity (Wildman–Crippen MR) is 93.7 cm³/mol. The van der Waals surface area contributed by atoms with Gasteiger partial charge in [0, 0.05) is 0 Å². The second kappa shape index (κ2) is 7.43. The highest BCUT2D eigenvalue weighted by atomic mass is 19.1. The van der Waals surface area contributed by atoms with Gasteiger partial charge < -0.3 is 10.1 Å². The van der Waals surface area contributed by atoms with Crippen molar-refractivity contribution in [3.05, 3.63) is 35.6 Å². The van der Waals surface area contributed by atoms with Gasteiger partial charge in [0.25, 0.3) is 5.91 Å². The second-order valence-corrected chi connectivity index (χ2v) is 7.42. The molecule has 0 bridgehead atoms. The molecule has 0 unspecified atom stereocenters. The third-order valence-corrected chi connectivity index (χ3v) is 4.13. The summed E-state index contributed by atoms with van der Waals surface area (Å²) in [7, 11) is 0. The van der Waals surface area contributed by atoms with E-state index in [1.165, 1.54) is 24.3 Å². The summed E-state index contributed by atoms with van der Waals surface area (Å²) in [5.41, 5.74) is -1.51. The molecule has 1 aromatic rings. The van der Waals surface area contributed by atoms with Crippen LogP contribution in [-0.2, 0) is 19.9 Å². The standard InChI is InChI=1S/C19H25FN2O4/c1-5-6-11-19(13-7-9-14(20)10-8-13)16(24)22(17(25)21-19)12-15(23)26-18(2,3)4/h7-10H,5-6,11-12H2,1-4H3,(H,21,25)/t19-/m1/s1. The zero-order chi connectivity index (χ0) is 19.5. The van der Waals surface area contributed by atoms with Crippen molar-refractivity contribution in [3.8, 4) is 0 Å². The van der Waals surface area contributed by atoms with Gasteiger partial charge in [-0.3, -0.25) is 14.5 Å². The molecule has 0 spiro atoms. The molecule has 1 aromatic carbocycles. The SMILES string of the molecule is CCCC[C@]1(c2ccc(F)cc2)NC(=O)N(CC(=O)OC(C)(C)C)C1=O. The highest BCUT2D eigenvalue weighted by Crippen LogP contribution is 2.34. The first-order valence-corrected chi connectivity index (χ1v) is 8.71. The molecule has 1 atom stereocenters. The summed E-state index contributed by atoms with van der Waals surface area (Å²) in [4.78, 5) is 38.4. The number of carbonyl (C=O) groups excluding carboxylic acids is 3. The molecule has 1 fully saturated rings. The Kier molecular flexibility index (Phi) is 5.68. The smallest absolute Gasteiger partial charge is 0.326 e. The molecule has 2 rings (SSSR count). The fourth-order valence-electron chi connectivity index (χ4n) is 2.96. The monoisotopic (exact) mass is 364 g/mol. The molecule has 1 aliphatic rings. The van der Waals surface area contributed by atoms with Crippen molar-refractivity contribution in [2.45, 2.75) is 58.1 Å². The van der Waals surface area contributed by atoms with E-state index in [4.69, 9.17) is 4.74 Å². The van der Waals surface area contributed by atoms with Gasteiger partial charge in [-0.15, -0.1) is 0 Å². The molecule has 0 saturated carbocycles. The van der Waals surface area contributed by atoms with Crippen LogP contribution in [0.15, 0.2) is 24.3 Å². The van der Waals surface area contributed by atoms with Crippen LogP contribution < -0.4 is 5.32 Å². The van der Waals surface area contributed by atoms with Gasteiger partial charge in [0.05, 0.1) is 0 Å². The molecule has 1 heterocycles. The fourth-order valence-corrected chi connectivity index (χ4v) is 2.96. The summed E-state index contributed by atoms with van der Waals surface area (Å²) in [5.74, 6) is -1.61. The molecule has 0 aliphatic carbocycles. The molecule has 1 saturated heterocycles. The molecule has 0 radical (unpaired) electrons. The van der Waals surface area contributed by atoms with E-state index < -0.39 is 41.4 Å². The van der Waals surface area contributed by atoms with E-state index in [0.29, 0.717) is 18.4 Å². The Hall–Kier alpha value is -2.44. The van der Waals surface area contributed by atoms with Gasteiger partial charge in [-0.2, -0.15) is 0 Å². The number of amides is 3. The van der Waals surface area contributed by atoms with Gasteiger partial charge >= 0.3 is 12.0 Å². The van der Waals surface area contributed by atoms with Gasteiger partial charge in [0.2, 0.25) is 0 Å². The van der Waals surface area contributed by atoms with Gasteiger partial charge in [-0.25, -0.2) is 9.18 Å². The minimum atomic E-state index is -1.29. The third kappa shape index (κ3) is 4.20. The number of benzene rings is 1. The van der Waals surface area contributed by atoms with E-state index in [9.17, 15) is 18.8 Å². The molecule has 1 aliphatic heterocycles. The summed E-state index contributed by atoms with van der Waals surface area (Å²) in [6.45, 7) is 6.64. The number of hydrogen-bond acceptors (Lipinski definition) is 4. The van der Waals surface area contributed by atoms with Crippen LogP contribution in [0.5, 0.6) is 0 Å². The average molecular weight is 364 g/mol. The second-order valence-electron chi connectivity index (χ2n) is 7.42. The van der Waals surface area contributed by atoms with Crippen LogP contribution in [0.2, 0.25) is 0 Å². The van der Waals surface area contributed by atoms with E-state index in [1.807, 2.05) is 6.92 Å². The maximum Gasteiger partial charge on any atom is 0.326 e.